The van der Waals surface area contributed by atoms with E-state index in [9.17, 15) is 0 Å². The van der Waals surface area contributed by atoms with Gasteiger partial charge in [-0.3, -0.25) is 4.68 Å². The van der Waals surface area contributed by atoms with Gasteiger partial charge in [0.2, 0.25) is 0 Å². The molecule has 0 amide bonds. The average molecular weight is 296 g/mol. The van der Waals surface area contributed by atoms with Crippen LogP contribution in [0, 0.1) is 5.41 Å². The molecule has 1 N–H and O–H groups in total. The molecule has 0 aliphatic carbocycles. The van der Waals surface area contributed by atoms with Crippen molar-refractivity contribution in [3.05, 3.63) is 11.9 Å². The highest BCUT2D eigenvalue weighted by Crippen LogP contribution is 2.25. The maximum absolute atomic E-state index is 5.47. The fraction of sp³-hybridized carbons (Fsp3) is 0.812. The van der Waals surface area contributed by atoms with E-state index in [2.05, 4.69) is 54.9 Å². The summed E-state index contributed by atoms with van der Waals surface area (Å²) in [7, 11) is 7.92. The molecule has 21 heavy (non-hydrogen) atoms. The fourth-order valence-corrected chi connectivity index (χ4v) is 2.60. The van der Waals surface area contributed by atoms with E-state index in [1.807, 2.05) is 13.2 Å². The highest BCUT2D eigenvalue weighted by Gasteiger charge is 2.24. The molecule has 1 rings (SSSR count). The van der Waals surface area contributed by atoms with Crippen LogP contribution in [0.5, 0.6) is 5.75 Å². The minimum absolute atomic E-state index is 0.247. The van der Waals surface area contributed by atoms with Gasteiger partial charge >= 0.3 is 0 Å². The van der Waals surface area contributed by atoms with Gasteiger partial charge in [-0.05, 0) is 39.4 Å². The topological polar surface area (TPSA) is 42.3 Å². The van der Waals surface area contributed by atoms with Gasteiger partial charge in [-0.1, -0.05) is 20.8 Å². The first kappa shape index (κ1) is 18.0. The van der Waals surface area contributed by atoms with Gasteiger partial charge in [0.15, 0.2) is 5.75 Å². The number of nitrogens with zero attached hydrogens (tertiary/aromatic N) is 3. The summed E-state index contributed by atoms with van der Waals surface area (Å²) < 4.78 is 7.54. The molecule has 0 saturated heterocycles. The van der Waals surface area contributed by atoms with E-state index in [0.29, 0.717) is 6.04 Å². The number of nitrogens with one attached hydrogen (secondary N) is 1. The minimum atomic E-state index is 0.247. The Morgan fingerprint density at radius 3 is 2.52 bits per heavy atom. The quantitative estimate of drug-likeness (QED) is 0.797. The zero-order chi connectivity index (χ0) is 16.0. The van der Waals surface area contributed by atoms with Crippen LogP contribution in [0.15, 0.2) is 6.20 Å². The Hall–Kier alpha value is -1.07. The summed E-state index contributed by atoms with van der Waals surface area (Å²) in [6.45, 7) is 8.69. The van der Waals surface area contributed by atoms with E-state index < -0.39 is 0 Å². The van der Waals surface area contributed by atoms with Gasteiger partial charge in [0.05, 0.1) is 25.5 Å². The van der Waals surface area contributed by atoms with E-state index in [1.165, 1.54) is 5.69 Å². The predicted octanol–water partition coefficient (Wildman–Crippen LogP) is 2.02. The first-order valence-corrected chi connectivity index (χ1v) is 7.70. The van der Waals surface area contributed by atoms with Gasteiger partial charge in [0.25, 0.3) is 0 Å². The molecule has 0 aromatic carbocycles. The minimum Gasteiger partial charge on any atom is -0.493 e. The van der Waals surface area contributed by atoms with Crippen LogP contribution < -0.4 is 10.1 Å². The number of methoxy groups -OCH3 is 1. The van der Waals surface area contributed by atoms with Crippen LogP contribution in [0.1, 0.15) is 32.9 Å². The SMILES string of the molecule is CNC(CCc1c(OC)cnn1CCN(C)C)C(C)(C)C. The van der Waals surface area contributed by atoms with Crippen LogP contribution in [-0.2, 0) is 13.0 Å². The van der Waals surface area contributed by atoms with Crippen LogP contribution >= 0.6 is 0 Å². The first-order chi connectivity index (χ1) is 9.79. The molecule has 0 bridgehead atoms. The number of rotatable bonds is 8. The smallest absolute Gasteiger partial charge is 0.159 e. The van der Waals surface area contributed by atoms with Crippen molar-refractivity contribution in [2.24, 2.45) is 5.41 Å². The van der Waals surface area contributed by atoms with Gasteiger partial charge in [0.1, 0.15) is 0 Å². The molecule has 0 spiro atoms. The standard InChI is InChI=1S/C16H32N4O/c1-16(2,3)15(17-4)9-8-13-14(21-7)12-18-20(13)11-10-19(5)6/h12,15,17H,8-11H2,1-7H3. The van der Waals surface area contributed by atoms with Gasteiger partial charge in [-0.2, -0.15) is 5.10 Å². The van der Waals surface area contributed by atoms with Crippen molar-refractivity contribution in [3.63, 3.8) is 0 Å². The van der Waals surface area contributed by atoms with Gasteiger partial charge in [-0.25, -0.2) is 0 Å². The molecule has 5 heteroatoms. The molecule has 1 aromatic rings. The van der Waals surface area contributed by atoms with Crippen molar-refractivity contribution in [2.45, 2.75) is 46.2 Å². The lowest BCUT2D eigenvalue weighted by molar-refractivity contribution is 0.265. The Morgan fingerprint density at radius 2 is 2.05 bits per heavy atom. The number of likely N-dealkylation sites (N-methyl/N-ethyl adjacent to an activating group) is 1. The zero-order valence-electron chi connectivity index (χ0n) is 14.7. The normalized spacial score (nSPS) is 13.7. The Morgan fingerprint density at radius 1 is 1.38 bits per heavy atom. The van der Waals surface area contributed by atoms with E-state index in [1.54, 1.807) is 7.11 Å². The van der Waals surface area contributed by atoms with Gasteiger partial charge < -0.3 is 15.0 Å². The Kier molecular flexibility index (Phi) is 6.68. The molecule has 1 aromatic heterocycles. The Labute approximate surface area is 129 Å². The summed E-state index contributed by atoms with van der Waals surface area (Å²) in [5, 5.41) is 7.90. The summed E-state index contributed by atoms with van der Waals surface area (Å²) in [6, 6.07) is 0.472. The maximum atomic E-state index is 5.47. The summed E-state index contributed by atoms with van der Waals surface area (Å²) in [4.78, 5) is 2.17. The average Bonchev–Trinajstić information content (AvgIpc) is 2.77. The molecule has 0 fully saturated rings. The third kappa shape index (κ3) is 5.32. The van der Waals surface area contributed by atoms with Crippen molar-refractivity contribution in [1.82, 2.24) is 20.0 Å². The number of aromatic nitrogens is 2. The molecule has 1 heterocycles. The van der Waals surface area contributed by atoms with Crippen LogP contribution in [0.4, 0.5) is 0 Å². The first-order valence-electron chi connectivity index (χ1n) is 7.70. The Bertz CT molecular complexity index is 420. The third-order valence-corrected chi connectivity index (χ3v) is 3.95. The lowest BCUT2D eigenvalue weighted by Crippen LogP contribution is -2.38. The fourth-order valence-electron chi connectivity index (χ4n) is 2.60. The lowest BCUT2D eigenvalue weighted by atomic mass is 9.84. The second kappa shape index (κ2) is 7.80. The van der Waals surface area contributed by atoms with Crippen molar-refractivity contribution in [3.8, 4) is 5.75 Å². The summed E-state index contributed by atoms with van der Waals surface area (Å²) >= 11 is 0. The van der Waals surface area contributed by atoms with E-state index in [4.69, 9.17) is 4.74 Å². The van der Waals surface area contributed by atoms with Crippen LogP contribution in [-0.4, -0.2) is 55.5 Å². The molecule has 0 aliphatic rings. The third-order valence-electron chi connectivity index (χ3n) is 3.95. The molecule has 0 aliphatic heterocycles. The maximum Gasteiger partial charge on any atom is 0.159 e. The largest absolute Gasteiger partial charge is 0.493 e. The molecule has 1 unspecified atom stereocenters. The van der Waals surface area contributed by atoms with Crippen LogP contribution in [0.3, 0.4) is 0 Å². The molecule has 0 saturated carbocycles. The number of hydrogen-bond acceptors (Lipinski definition) is 4. The van der Waals surface area contributed by atoms with E-state index >= 15 is 0 Å². The number of hydrogen-bond donors (Lipinski definition) is 1. The second-order valence-corrected chi connectivity index (χ2v) is 6.93. The highest BCUT2D eigenvalue weighted by atomic mass is 16.5. The van der Waals surface area contributed by atoms with Crippen molar-refractivity contribution >= 4 is 0 Å². The van der Waals surface area contributed by atoms with Gasteiger partial charge in [-0.15, -0.1) is 0 Å². The van der Waals surface area contributed by atoms with Crippen molar-refractivity contribution in [2.75, 3.05) is 34.8 Å². The molecule has 5 nitrogen and oxygen atoms in total. The molecule has 0 radical (unpaired) electrons. The van der Waals surface area contributed by atoms with E-state index in [0.717, 1.165) is 31.7 Å². The number of ether oxygens (including phenoxy) is 1. The Balaban J connectivity index is 2.78. The summed E-state index contributed by atoms with van der Waals surface area (Å²) in [5.41, 5.74) is 1.44. The zero-order valence-corrected chi connectivity index (χ0v) is 14.7. The second-order valence-electron chi connectivity index (χ2n) is 6.93. The van der Waals surface area contributed by atoms with Crippen LogP contribution in [0.2, 0.25) is 0 Å². The molecule has 122 valence electrons. The highest BCUT2D eigenvalue weighted by molar-refractivity contribution is 5.25. The molecule has 1 atom stereocenters. The monoisotopic (exact) mass is 296 g/mol. The van der Waals surface area contributed by atoms with Crippen LogP contribution in [0.25, 0.3) is 0 Å². The van der Waals surface area contributed by atoms with Crippen molar-refractivity contribution < 1.29 is 4.74 Å². The predicted molar refractivity (Wildman–Crippen MR) is 88.0 cm³/mol. The summed E-state index contributed by atoms with van der Waals surface area (Å²) in [6.07, 6.45) is 3.87. The summed E-state index contributed by atoms with van der Waals surface area (Å²) in [5.74, 6) is 0.900. The van der Waals surface area contributed by atoms with E-state index in [-0.39, 0.29) is 5.41 Å². The molecular weight excluding hydrogens is 264 g/mol. The molecular formula is C16H32N4O. The van der Waals surface area contributed by atoms with Gasteiger partial charge in [0, 0.05) is 12.6 Å². The lowest BCUT2D eigenvalue weighted by Gasteiger charge is -2.30. The van der Waals surface area contributed by atoms with Crippen molar-refractivity contribution in [1.29, 1.82) is 0 Å².